The highest BCUT2D eigenvalue weighted by atomic mass is 16.1. The summed E-state index contributed by atoms with van der Waals surface area (Å²) in [5, 5.41) is 0. The second-order valence-electron chi connectivity index (χ2n) is 3.41. The Morgan fingerprint density at radius 1 is 1.13 bits per heavy atom. The lowest BCUT2D eigenvalue weighted by Crippen LogP contribution is -1.97. The molecule has 0 bridgehead atoms. The first-order valence-electron chi connectivity index (χ1n) is 5.08. The lowest BCUT2D eigenvalue weighted by Gasteiger charge is -2.03. The van der Waals surface area contributed by atoms with Crippen LogP contribution in [0.5, 0.6) is 0 Å². The highest BCUT2D eigenvalue weighted by molar-refractivity contribution is 5.95. The zero-order valence-corrected chi connectivity index (χ0v) is 8.68. The van der Waals surface area contributed by atoms with E-state index in [1.54, 1.807) is 0 Å². The molecule has 0 atom stereocenters. The van der Waals surface area contributed by atoms with Gasteiger partial charge in [0.2, 0.25) is 0 Å². The molecule has 0 N–H and O–H groups in total. The van der Waals surface area contributed by atoms with E-state index in [-0.39, 0.29) is 5.78 Å². The quantitative estimate of drug-likeness (QED) is 0.696. The summed E-state index contributed by atoms with van der Waals surface area (Å²) in [7, 11) is 0. The Morgan fingerprint density at radius 2 is 1.73 bits per heavy atom. The van der Waals surface area contributed by atoms with Gasteiger partial charge in [0.25, 0.3) is 0 Å². The van der Waals surface area contributed by atoms with E-state index in [0.29, 0.717) is 6.42 Å². The smallest absolute Gasteiger partial charge is 0.162 e. The molecule has 0 fully saturated rings. The van der Waals surface area contributed by atoms with Crippen LogP contribution in [0.4, 0.5) is 0 Å². The summed E-state index contributed by atoms with van der Waals surface area (Å²) in [5.41, 5.74) is 1.86. The molecule has 0 aliphatic carbocycles. The highest BCUT2D eigenvalue weighted by Crippen LogP contribution is 2.11. The van der Waals surface area contributed by atoms with Crippen LogP contribution < -0.4 is 0 Å². The molecule has 1 heterocycles. The first-order chi connectivity index (χ1) is 7.31. The first kappa shape index (κ1) is 9.71. The SMILES string of the molecule is CCC(=O)c1ccc(-n2cccc2)cc1. The van der Waals surface area contributed by atoms with E-state index in [1.165, 1.54) is 0 Å². The maximum Gasteiger partial charge on any atom is 0.162 e. The number of carbonyl (C=O) groups is 1. The monoisotopic (exact) mass is 199 g/mol. The van der Waals surface area contributed by atoms with Crippen molar-refractivity contribution in [2.24, 2.45) is 0 Å². The number of rotatable bonds is 3. The highest BCUT2D eigenvalue weighted by Gasteiger charge is 2.02. The third-order valence-electron chi connectivity index (χ3n) is 2.41. The third-order valence-corrected chi connectivity index (χ3v) is 2.41. The van der Waals surface area contributed by atoms with Crippen LogP contribution in [0.2, 0.25) is 0 Å². The van der Waals surface area contributed by atoms with Gasteiger partial charge in [0.1, 0.15) is 0 Å². The maximum atomic E-state index is 11.4. The zero-order valence-electron chi connectivity index (χ0n) is 8.68. The summed E-state index contributed by atoms with van der Waals surface area (Å²) in [6.45, 7) is 1.88. The van der Waals surface area contributed by atoms with E-state index < -0.39 is 0 Å². The number of hydrogen-bond acceptors (Lipinski definition) is 1. The van der Waals surface area contributed by atoms with E-state index in [0.717, 1.165) is 11.3 Å². The second kappa shape index (κ2) is 4.13. The fourth-order valence-corrected chi connectivity index (χ4v) is 1.53. The summed E-state index contributed by atoms with van der Waals surface area (Å²) in [5.74, 6) is 0.189. The number of carbonyl (C=O) groups excluding carboxylic acids is 1. The van der Waals surface area contributed by atoms with Crippen LogP contribution in [-0.4, -0.2) is 10.4 Å². The van der Waals surface area contributed by atoms with Crippen LogP contribution in [0.15, 0.2) is 48.8 Å². The zero-order chi connectivity index (χ0) is 10.7. The Hall–Kier alpha value is -1.83. The molecule has 0 amide bonds. The van der Waals surface area contributed by atoms with Crippen molar-refractivity contribution in [1.82, 2.24) is 4.57 Å². The lowest BCUT2D eigenvalue weighted by atomic mass is 10.1. The second-order valence-corrected chi connectivity index (χ2v) is 3.41. The average Bonchev–Trinajstić information content (AvgIpc) is 2.82. The summed E-state index contributed by atoms with van der Waals surface area (Å²) in [4.78, 5) is 11.4. The number of ketones is 1. The Labute approximate surface area is 89.2 Å². The fourth-order valence-electron chi connectivity index (χ4n) is 1.53. The molecule has 2 heteroatoms. The van der Waals surface area contributed by atoms with E-state index >= 15 is 0 Å². The minimum Gasteiger partial charge on any atom is -0.324 e. The van der Waals surface area contributed by atoms with Crippen LogP contribution in [0.1, 0.15) is 23.7 Å². The van der Waals surface area contributed by atoms with Crippen molar-refractivity contribution in [3.05, 3.63) is 54.4 Å². The van der Waals surface area contributed by atoms with Crippen molar-refractivity contribution in [3.63, 3.8) is 0 Å². The minimum atomic E-state index is 0.189. The summed E-state index contributed by atoms with van der Waals surface area (Å²) < 4.78 is 2.01. The molecule has 2 rings (SSSR count). The standard InChI is InChI=1S/C13H13NO/c1-2-13(15)11-5-7-12(8-6-11)14-9-3-4-10-14/h3-10H,2H2,1H3. The Morgan fingerprint density at radius 3 is 2.27 bits per heavy atom. The molecule has 15 heavy (non-hydrogen) atoms. The molecule has 2 aromatic rings. The van der Waals surface area contributed by atoms with Crippen LogP contribution in [-0.2, 0) is 0 Å². The van der Waals surface area contributed by atoms with Crippen molar-refractivity contribution in [1.29, 1.82) is 0 Å². The number of nitrogens with zero attached hydrogens (tertiary/aromatic N) is 1. The summed E-state index contributed by atoms with van der Waals surface area (Å²) in [6.07, 6.45) is 4.52. The molecule has 1 aromatic carbocycles. The Balaban J connectivity index is 2.29. The molecule has 0 saturated carbocycles. The largest absolute Gasteiger partial charge is 0.324 e. The van der Waals surface area contributed by atoms with Gasteiger partial charge in [-0.05, 0) is 36.4 Å². The molecule has 0 unspecified atom stereocenters. The third kappa shape index (κ3) is 1.99. The molecule has 0 aliphatic heterocycles. The van der Waals surface area contributed by atoms with Crippen LogP contribution >= 0.6 is 0 Å². The topological polar surface area (TPSA) is 22.0 Å². The van der Waals surface area contributed by atoms with Crippen molar-refractivity contribution in [2.45, 2.75) is 13.3 Å². The Bertz CT molecular complexity index is 440. The molecular weight excluding hydrogens is 186 g/mol. The van der Waals surface area contributed by atoms with E-state index in [9.17, 15) is 4.79 Å². The van der Waals surface area contributed by atoms with Crippen molar-refractivity contribution in [2.75, 3.05) is 0 Å². The van der Waals surface area contributed by atoms with E-state index in [2.05, 4.69) is 0 Å². The minimum absolute atomic E-state index is 0.189. The molecule has 0 spiro atoms. The molecule has 0 aliphatic rings. The maximum absolute atomic E-state index is 11.4. The Kier molecular flexibility index (Phi) is 2.68. The van der Waals surface area contributed by atoms with Gasteiger partial charge in [-0.25, -0.2) is 0 Å². The molecule has 0 saturated heterocycles. The molecule has 0 radical (unpaired) electrons. The number of Topliss-reactive ketones (excluding diaryl/α,β-unsaturated/α-hetero) is 1. The van der Waals surface area contributed by atoms with Crippen LogP contribution in [0, 0.1) is 0 Å². The predicted molar refractivity (Wildman–Crippen MR) is 60.4 cm³/mol. The van der Waals surface area contributed by atoms with Crippen LogP contribution in [0.3, 0.4) is 0 Å². The summed E-state index contributed by atoms with van der Waals surface area (Å²) >= 11 is 0. The molecular formula is C13H13NO. The van der Waals surface area contributed by atoms with Gasteiger partial charge in [0.15, 0.2) is 5.78 Å². The van der Waals surface area contributed by atoms with E-state index in [4.69, 9.17) is 0 Å². The van der Waals surface area contributed by atoms with Crippen molar-refractivity contribution < 1.29 is 4.79 Å². The number of benzene rings is 1. The van der Waals surface area contributed by atoms with Gasteiger partial charge in [-0.1, -0.05) is 6.92 Å². The van der Waals surface area contributed by atoms with Gasteiger partial charge in [0, 0.05) is 30.1 Å². The average molecular weight is 199 g/mol. The number of aromatic nitrogens is 1. The molecule has 2 nitrogen and oxygen atoms in total. The van der Waals surface area contributed by atoms with Crippen molar-refractivity contribution in [3.8, 4) is 5.69 Å². The van der Waals surface area contributed by atoms with Gasteiger partial charge in [-0.3, -0.25) is 4.79 Å². The van der Waals surface area contributed by atoms with Gasteiger partial charge in [0.05, 0.1) is 0 Å². The first-order valence-corrected chi connectivity index (χ1v) is 5.08. The number of hydrogen-bond donors (Lipinski definition) is 0. The van der Waals surface area contributed by atoms with Gasteiger partial charge >= 0.3 is 0 Å². The van der Waals surface area contributed by atoms with Gasteiger partial charge in [-0.15, -0.1) is 0 Å². The predicted octanol–water partition coefficient (Wildman–Crippen LogP) is 3.07. The van der Waals surface area contributed by atoms with Crippen LogP contribution in [0.25, 0.3) is 5.69 Å². The fraction of sp³-hybridized carbons (Fsp3) is 0.154. The van der Waals surface area contributed by atoms with Gasteiger partial charge < -0.3 is 4.57 Å². The summed E-state index contributed by atoms with van der Waals surface area (Å²) in [6, 6.07) is 11.6. The molecule has 76 valence electrons. The lowest BCUT2D eigenvalue weighted by molar-refractivity contribution is 0.0988. The normalized spacial score (nSPS) is 10.2. The van der Waals surface area contributed by atoms with Gasteiger partial charge in [-0.2, -0.15) is 0 Å². The van der Waals surface area contributed by atoms with E-state index in [1.807, 2.05) is 60.3 Å². The van der Waals surface area contributed by atoms with Crippen molar-refractivity contribution >= 4 is 5.78 Å². The molecule has 1 aromatic heterocycles.